The van der Waals surface area contributed by atoms with Gasteiger partial charge in [0.05, 0.1) is 10.7 Å². The van der Waals surface area contributed by atoms with Crippen LogP contribution in [0, 0.1) is 5.82 Å². The number of rotatable bonds is 2. The van der Waals surface area contributed by atoms with Crippen molar-refractivity contribution in [3.63, 3.8) is 0 Å². The summed E-state index contributed by atoms with van der Waals surface area (Å²) < 4.78 is 15.9. The quantitative estimate of drug-likeness (QED) is 0.710. The summed E-state index contributed by atoms with van der Waals surface area (Å²) >= 11 is 12.3. The van der Waals surface area contributed by atoms with Crippen molar-refractivity contribution in [2.45, 2.75) is 6.42 Å². The van der Waals surface area contributed by atoms with E-state index in [0.29, 0.717) is 27.0 Å². The molecule has 0 radical (unpaired) electrons. The Morgan fingerprint density at radius 2 is 1.96 bits per heavy atom. The van der Waals surface area contributed by atoms with Gasteiger partial charge < -0.3 is 5.32 Å². The highest BCUT2D eigenvalue weighted by Crippen LogP contribution is 2.37. The Labute approximate surface area is 142 Å². The Balaban J connectivity index is 1.94. The van der Waals surface area contributed by atoms with Gasteiger partial charge in [0.2, 0.25) is 0 Å². The van der Waals surface area contributed by atoms with Gasteiger partial charge in [-0.25, -0.2) is 9.07 Å². The average molecular weight is 348 g/mol. The highest BCUT2D eigenvalue weighted by molar-refractivity contribution is 6.35. The Hall–Kier alpha value is -2.04. The lowest BCUT2D eigenvalue weighted by Crippen LogP contribution is -2.05. The van der Waals surface area contributed by atoms with E-state index in [4.69, 9.17) is 23.2 Å². The molecule has 116 valence electrons. The largest absolute Gasteiger partial charge is 0.369 e. The molecule has 0 unspecified atom stereocenters. The first-order chi connectivity index (χ1) is 11.1. The van der Waals surface area contributed by atoms with Gasteiger partial charge in [0.15, 0.2) is 0 Å². The van der Waals surface area contributed by atoms with E-state index in [1.165, 1.54) is 6.07 Å². The SMILES string of the molecule is Fc1ccccc1-c1nn(-c2ccc(Cl)cc2Cl)c2c1CCN2. The van der Waals surface area contributed by atoms with Gasteiger partial charge in [-0.3, -0.25) is 0 Å². The minimum absolute atomic E-state index is 0.283. The van der Waals surface area contributed by atoms with Gasteiger partial charge in [0.1, 0.15) is 17.3 Å². The summed E-state index contributed by atoms with van der Waals surface area (Å²) in [7, 11) is 0. The number of fused-ring (bicyclic) bond motifs is 1. The van der Waals surface area contributed by atoms with E-state index in [0.717, 1.165) is 24.3 Å². The molecule has 2 heterocycles. The molecule has 1 aliphatic rings. The number of nitrogens with one attached hydrogen (secondary N) is 1. The first-order valence-corrected chi connectivity index (χ1v) is 7.97. The summed E-state index contributed by atoms with van der Waals surface area (Å²) in [6.45, 7) is 0.792. The summed E-state index contributed by atoms with van der Waals surface area (Å²) in [4.78, 5) is 0. The summed E-state index contributed by atoms with van der Waals surface area (Å²) in [6.07, 6.45) is 0.796. The van der Waals surface area contributed by atoms with E-state index < -0.39 is 0 Å². The van der Waals surface area contributed by atoms with E-state index in [1.54, 1.807) is 28.9 Å². The van der Waals surface area contributed by atoms with Gasteiger partial charge in [-0.15, -0.1) is 0 Å². The summed E-state index contributed by atoms with van der Waals surface area (Å²) in [5.41, 5.74) is 2.86. The number of hydrogen-bond donors (Lipinski definition) is 1. The molecule has 1 N–H and O–H groups in total. The van der Waals surface area contributed by atoms with Crippen LogP contribution < -0.4 is 5.32 Å². The zero-order valence-electron chi connectivity index (χ0n) is 12.0. The Bertz CT molecular complexity index is 905. The lowest BCUT2D eigenvalue weighted by Gasteiger charge is -2.08. The standard InChI is InChI=1S/C17H12Cl2FN3/c18-10-5-6-15(13(19)9-10)23-17-12(7-8-21-17)16(22-23)11-3-1-2-4-14(11)20/h1-6,9,21H,7-8H2. The normalized spacial score (nSPS) is 13.0. The number of hydrogen-bond acceptors (Lipinski definition) is 2. The van der Waals surface area contributed by atoms with Crippen molar-refractivity contribution in [1.29, 1.82) is 0 Å². The maximum absolute atomic E-state index is 14.2. The van der Waals surface area contributed by atoms with Crippen molar-refractivity contribution < 1.29 is 4.39 Å². The molecular formula is C17H12Cl2FN3. The van der Waals surface area contributed by atoms with Crippen LogP contribution in [0.3, 0.4) is 0 Å². The van der Waals surface area contributed by atoms with Crippen LogP contribution in [-0.4, -0.2) is 16.3 Å². The minimum atomic E-state index is -0.283. The van der Waals surface area contributed by atoms with Crippen LogP contribution in [0.1, 0.15) is 5.56 Å². The molecule has 1 aromatic heterocycles. The van der Waals surface area contributed by atoms with Gasteiger partial charge in [0.25, 0.3) is 0 Å². The second-order valence-electron chi connectivity index (χ2n) is 5.34. The number of anilines is 1. The number of aromatic nitrogens is 2. The van der Waals surface area contributed by atoms with Crippen LogP contribution in [0.2, 0.25) is 10.0 Å². The zero-order chi connectivity index (χ0) is 16.0. The van der Waals surface area contributed by atoms with E-state index in [2.05, 4.69) is 10.4 Å². The number of halogens is 3. The molecule has 1 aliphatic heterocycles. The monoisotopic (exact) mass is 347 g/mol. The van der Waals surface area contributed by atoms with Crippen molar-refractivity contribution in [3.8, 4) is 16.9 Å². The summed E-state index contributed by atoms with van der Waals surface area (Å²) in [5.74, 6) is 0.571. The molecule has 23 heavy (non-hydrogen) atoms. The number of benzene rings is 2. The fourth-order valence-electron chi connectivity index (χ4n) is 2.87. The predicted molar refractivity (Wildman–Crippen MR) is 91.2 cm³/mol. The second kappa shape index (κ2) is 5.55. The molecule has 2 aromatic carbocycles. The van der Waals surface area contributed by atoms with Crippen LogP contribution >= 0.6 is 23.2 Å². The van der Waals surface area contributed by atoms with E-state index >= 15 is 0 Å². The van der Waals surface area contributed by atoms with Crippen molar-refractivity contribution in [3.05, 3.63) is 63.9 Å². The maximum atomic E-state index is 14.2. The molecule has 3 nitrogen and oxygen atoms in total. The molecule has 0 bridgehead atoms. The predicted octanol–water partition coefficient (Wildman–Crippen LogP) is 4.95. The van der Waals surface area contributed by atoms with E-state index in [-0.39, 0.29) is 5.82 Å². The van der Waals surface area contributed by atoms with Gasteiger partial charge in [-0.2, -0.15) is 5.10 Å². The van der Waals surface area contributed by atoms with Crippen LogP contribution in [0.25, 0.3) is 16.9 Å². The van der Waals surface area contributed by atoms with Gasteiger partial charge >= 0.3 is 0 Å². The Morgan fingerprint density at radius 3 is 2.74 bits per heavy atom. The van der Waals surface area contributed by atoms with Crippen LogP contribution in [-0.2, 0) is 6.42 Å². The van der Waals surface area contributed by atoms with Crippen molar-refractivity contribution >= 4 is 29.0 Å². The maximum Gasteiger partial charge on any atom is 0.133 e. The lowest BCUT2D eigenvalue weighted by atomic mass is 10.1. The van der Waals surface area contributed by atoms with Gasteiger partial charge in [0, 0.05) is 22.7 Å². The molecule has 0 spiro atoms. The first-order valence-electron chi connectivity index (χ1n) is 7.21. The fraction of sp³-hybridized carbons (Fsp3) is 0.118. The van der Waals surface area contributed by atoms with Crippen LogP contribution in [0.15, 0.2) is 42.5 Å². The van der Waals surface area contributed by atoms with Crippen LogP contribution in [0.5, 0.6) is 0 Å². The second-order valence-corrected chi connectivity index (χ2v) is 6.18. The van der Waals surface area contributed by atoms with Crippen molar-refractivity contribution in [2.75, 3.05) is 11.9 Å². The zero-order valence-corrected chi connectivity index (χ0v) is 13.5. The summed E-state index contributed by atoms with van der Waals surface area (Å²) in [6, 6.07) is 11.9. The van der Waals surface area contributed by atoms with E-state index in [9.17, 15) is 4.39 Å². The Morgan fingerprint density at radius 1 is 1.13 bits per heavy atom. The highest BCUT2D eigenvalue weighted by Gasteiger charge is 2.25. The molecule has 0 saturated heterocycles. The molecule has 0 saturated carbocycles. The molecule has 0 amide bonds. The smallest absolute Gasteiger partial charge is 0.133 e. The van der Waals surface area contributed by atoms with Crippen molar-refractivity contribution in [2.24, 2.45) is 0 Å². The van der Waals surface area contributed by atoms with Crippen molar-refractivity contribution in [1.82, 2.24) is 9.78 Å². The number of nitrogens with zero attached hydrogens (tertiary/aromatic N) is 2. The molecule has 6 heteroatoms. The lowest BCUT2D eigenvalue weighted by molar-refractivity contribution is 0.630. The average Bonchev–Trinajstić information content (AvgIpc) is 3.11. The topological polar surface area (TPSA) is 29.9 Å². The molecule has 0 fully saturated rings. The first kappa shape index (κ1) is 14.5. The third-order valence-corrected chi connectivity index (χ3v) is 4.46. The molecular weight excluding hydrogens is 336 g/mol. The van der Waals surface area contributed by atoms with E-state index in [1.807, 2.05) is 12.1 Å². The minimum Gasteiger partial charge on any atom is -0.369 e. The fourth-order valence-corrected chi connectivity index (χ4v) is 3.36. The Kier molecular flexibility index (Phi) is 3.51. The van der Waals surface area contributed by atoms with Crippen LogP contribution in [0.4, 0.5) is 10.2 Å². The summed E-state index contributed by atoms with van der Waals surface area (Å²) in [5, 5.41) is 8.97. The van der Waals surface area contributed by atoms with Gasteiger partial charge in [-0.1, -0.05) is 35.3 Å². The van der Waals surface area contributed by atoms with Gasteiger partial charge in [-0.05, 0) is 36.8 Å². The third-order valence-electron chi connectivity index (χ3n) is 3.92. The molecule has 4 rings (SSSR count). The highest BCUT2D eigenvalue weighted by atomic mass is 35.5. The third kappa shape index (κ3) is 2.38. The molecule has 3 aromatic rings. The molecule has 0 atom stereocenters. The molecule has 0 aliphatic carbocycles.